The minimum atomic E-state index is -3.20. The standard InChI is InChI=1S/C17H23N3O2S/c1-3-23(21,22)17-7-5-4-6-16(17)20-10-8-14(9-11-20)15-12-18-19(2)13-15/h4-7,12-14H,3,8-11H2,1-2H3. The van der Waals surface area contributed by atoms with Gasteiger partial charge in [0.1, 0.15) is 0 Å². The number of piperidine rings is 1. The number of para-hydroxylation sites is 1. The molecular weight excluding hydrogens is 310 g/mol. The normalized spacial score (nSPS) is 16.7. The fourth-order valence-electron chi connectivity index (χ4n) is 3.24. The monoisotopic (exact) mass is 333 g/mol. The van der Waals surface area contributed by atoms with Gasteiger partial charge in [-0.2, -0.15) is 5.10 Å². The van der Waals surface area contributed by atoms with Crippen LogP contribution in [0.3, 0.4) is 0 Å². The Morgan fingerprint density at radius 2 is 1.91 bits per heavy atom. The molecule has 1 aromatic heterocycles. The number of rotatable bonds is 4. The Bertz CT molecular complexity index is 775. The van der Waals surface area contributed by atoms with Crippen LogP contribution < -0.4 is 4.90 Å². The summed E-state index contributed by atoms with van der Waals surface area (Å²) in [5.74, 6) is 0.644. The molecule has 23 heavy (non-hydrogen) atoms. The molecule has 0 unspecified atom stereocenters. The first-order valence-electron chi connectivity index (χ1n) is 8.06. The Kier molecular flexibility index (Phi) is 4.43. The minimum absolute atomic E-state index is 0.135. The van der Waals surface area contributed by atoms with Gasteiger partial charge in [0, 0.05) is 26.3 Å². The molecule has 0 bridgehead atoms. The molecule has 1 saturated heterocycles. The molecule has 2 aromatic rings. The number of hydrogen-bond donors (Lipinski definition) is 0. The SMILES string of the molecule is CCS(=O)(=O)c1ccccc1N1CCC(c2cnn(C)c2)CC1. The van der Waals surface area contributed by atoms with Gasteiger partial charge < -0.3 is 4.90 Å². The number of aryl methyl sites for hydroxylation is 1. The molecule has 124 valence electrons. The van der Waals surface area contributed by atoms with Gasteiger partial charge >= 0.3 is 0 Å². The molecule has 5 nitrogen and oxygen atoms in total. The number of hydrogen-bond acceptors (Lipinski definition) is 4. The summed E-state index contributed by atoms with van der Waals surface area (Å²) < 4.78 is 26.5. The molecule has 0 amide bonds. The van der Waals surface area contributed by atoms with Crippen molar-refractivity contribution in [2.45, 2.75) is 30.6 Å². The van der Waals surface area contributed by atoms with E-state index in [1.165, 1.54) is 5.56 Å². The highest BCUT2D eigenvalue weighted by Gasteiger charge is 2.25. The Labute approximate surface area is 137 Å². The second-order valence-corrected chi connectivity index (χ2v) is 8.33. The largest absolute Gasteiger partial charge is 0.370 e. The Morgan fingerprint density at radius 3 is 2.52 bits per heavy atom. The average molecular weight is 333 g/mol. The summed E-state index contributed by atoms with van der Waals surface area (Å²) in [6.45, 7) is 3.44. The van der Waals surface area contributed by atoms with Crippen molar-refractivity contribution in [3.05, 3.63) is 42.2 Å². The van der Waals surface area contributed by atoms with Crippen molar-refractivity contribution in [2.24, 2.45) is 7.05 Å². The van der Waals surface area contributed by atoms with Crippen molar-refractivity contribution in [3.8, 4) is 0 Å². The number of aromatic nitrogens is 2. The lowest BCUT2D eigenvalue weighted by Crippen LogP contribution is -2.33. The minimum Gasteiger partial charge on any atom is -0.370 e. The van der Waals surface area contributed by atoms with Gasteiger partial charge in [0.15, 0.2) is 9.84 Å². The number of nitrogens with zero attached hydrogens (tertiary/aromatic N) is 3. The molecule has 1 aliphatic heterocycles. The topological polar surface area (TPSA) is 55.2 Å². The molecule has 0 aliphatic carbocycles. The molecule has 0 N–H and O–H groups in total. The number of benzene rings is 1. The van der Waals surface area contributed by atoms with Crippen molar-refractivity contribution in [1.82, 2.24) is 9.78 Å². The van der Waals surface area contributed by atoms with E-state index in [9.17, 15) is 8.42 Å². The van der Waals surface area contributed by atoms with Crippen LogP contribution in [-0.2, 0) is 16.9 Å². The van der Waals surface area contributed by atoms with Crippen LogP contribution in [0.2, 0.25) is 0 Å². The number of sulfone groups is 1. The lowest BCUT2D eigenvalue weighted by atomic mass is 9.91. The van der Waals surface area contributed by atoms with Crippen LogP contribution in [0.15, 0.2) is 41.6 Å². The Hall–Kier alpha value is -1.82. The fraction of sp³-hybridized carbons (Fsp3) is 0.471. The summed E-state index contributed by atoms with van der Waals surface area (Å²) in [4.78, 5) is 2.66. The molecule has 0 spiro atoms. The van der Waals surface area contributed by atoms with Crippen molar-refractivity contribution >= 4 is 15.5 Å². The van der Waals surface area contributed by atoms with E-state index >= 15 is 0 Å². The van der Waals surface area contributed by atoms with Crippen molar-refractivity contribution in [2.75, 3.05) is 23.7 Å². The summed E-state index contributed by atoms with van der Waals surface area (Å²) in [5, 5.41) is 4.25. The lowest BCUT2D eigenvalue weighted by molar-refractivity contribution is 0.503. The van der Waals surface area contributed by atoms with E-state index in [4.69, 9.17) is 0 Å². The maximum absolute atomic E-state index is 12.3. The molecule has 0 atom stereocenters. The highest BCUT2D eigenvalue weighted by Crippen LogP contribution is 2.33. The van der Waals surface area contributed by atoms with Crippen LogP contribution in [0.1, 0.15) is 31.2 Å². The van der Waals surface area contributed by atoms with E-state index in [0.717, 1.165) is 31.6 Å². The van der Waals surface area contributed by atoms with E-state index in [2.05, 4.69) is 16.2 Å². The smallest absolute Gasteiger partial charge is 0.180 e. The molecule has 6 heteroatoms. The van der Waals surface area contributed by atoms with Gasteiger partial charge in [0.2, 0.25) is 0 Å². The molecule has 1 fully saturated rings. The third-order valence-corrected chi connectivity index (χ3v) is 6.39. The molecule has 2 heterocycles. The molecular formula is C17H23N3O2S. The van der Waals surface area contributed by atoms with Crippen molar-refractivity contribution < 1.29 is 8.42 Å². The first-order valence-corrected chi connectivity index (χ1v) is 9.72. The first-order chi connectivity index (χ1) is 11.0. The van der Waals surface area contributed by atoms with Crippen LogP contribution >= 0.6 is 0 Å². The zero-order valence-corrected chi connectivity index (χ0v) is 14.5. The quantitative estimate of drug-likeness (QED) is 0.863. The maximum Gasteiger partial charge on any atom is 0.180 e. The third kappa shape index (κ3) is 3.27. The van der Waals surface area contributed by atoms with Crippen molar-refractivity contribution in [1.29, 1.82) is 0 Å². The van der Waals surface area contributed by atoms with Gasteiger partial charge in [-0.1, -0.05) is 19.1 Å². The van der Waals surface area contributed by atoms with Crippen LogP contribution in [0.25, 0.3) is 0 Å². The van der Waals surface area contributed by atoms with E-state index < -0.39 is 9.84 Å². The molecule has 0 radical (unpaired) electrons. The zero-order valence-electron chi connectivity index (χ0n) is 13.6. The predicted octanol–water partition coefficient (Wildman–Crippen LogP) is 2.60. The molecule has 0 saturated carbocycles. The second-order valence-electron chi connectivity index (χ2n) is 6.08. The third-order valence-electron chi connectivity index (χ3n) is 4.61. The average Bonchev–Trinajstić information content (AvgIpc) is 3.01. The van der Waals surface area contributed by atoms with Gasteiger partial charge in [-0.05, 0) is 36.5 Å². The summed E-state index contributed by atoms with van der Waals surface area (Å²) in [6.07, 6.45) is 6.06. The lowest BCUT2D eigenvalue weighted by Gasteiger charge is -2.34. The summed E-state index contributed by atoms with van der Waals surface area (Å²) >= 11 is 0. The molecule has 3 rings (SSSR count). The van der Waals surface area contributed by atoms with Gasteiger partial charge in [0.05, 0.1) is 22.5 Å². The summed E-state index contributed by atoms with van der Waals surface area (Å²) in [7, 11) is -1.26. The first kappa shape index (κ1) is 16.1. The van der Waals surface area contributed by atoms with E-state index in [-0.39, 0.29) is 5.75 Å². The van der Waals surface area contributed by atoms with Crippen molar-refractivity contribution in [3.63, 3.8) is 0 Å². The van der Waals surface area contributed by atoms with E-state index in [1.54, 1.807) is 19.1 Å². The van der Waals surface area contributed by atoms with Crippen LogP contribution in [0, 0.1) is 0 Å². The second kappa shape index (κ2) is 6.35. The number of anilines is 1. The molecule has 1 aromatic carbocycles. The van der Waals surface area contributed by atoms with Crippen LogP contribution in [-0.4, -0.2) is 37.0 Å². The van der Waals surface area contributed by atoms with Gasteiger partial charge in [-0.3, -0.25) is 4.68 Å². The van der Waals surface area contributed by atoms with E-state index in [0.29, 0.717) is 10.8 Å². The summed E-state index contributed by atoms with van der Waals surface area (Å²) in [5.41, 5.74) is 2.13. The maximum atomic E-state index is 12.3. The van der Waals surface area contributed by atoms with Gasteiger partial charge in [-0.15, -0.1) is 0 Å². The predicted molar refractivity (Wildman–Crippen MR) is 91.6 cm³/mol. The highest BCUT2D eigenvalue weighted by molar-refractivity contribution is 7.91. The van der Waals surface area contributed by atoms with Crippen LogP contribution in [0.5, 0.6) is 0 Å². The summed E-state index contributed by atoms with van der Waals surface area (Å²) in [6, 6.07) is 7.36. The highest BCUT2D eigenvalue weighted by atomic mass is 32.2. The van der Waals surface area contributed by atoms with E-state index in [1.807, 2.05) is 30.1 Å². The van der Waals surface area contributed by atoms with Crippen LogP contribution in [0.4, 0.5) is 5.69 Å². The Morgan fingerprint density at radius 1 is 1.22 bits per heavy atom. The Balaban J connectivity index is 1.78. The zero-order chi connectivity index (χ0) is 16.4. The van der Waals surface area contributed by atoms with Gasteiger partial charge in [0.25, 0.3) is 0 Å². The fourth-order valence-corrected chi connectivity index (χ4v) is 4.35. The van der Waals surface area contributed by atoms with Gasteiger partial charge in [-0.25, -0.2) is 8.42 Å². The molecule has 1 aliphatic rings.